The van der Waals surface area contributed by atoms with Crippen LogP contribution in [0.25, 0.3) is 0 Å². The number of benzene rings is 3. The summed E-state index contributed by atoms with van der Waals surface area (Å²) in [6, 6.07) is 21.4. The first-order valence-corrected chi connectivity index (χ1v) is 15.5. The number of carboxylic acid groups (broad SMARTS) is 2. The molecule has 3 aromatic rings. The summed E-state index contributed by atoms with van der Waals surface area (Å²) < 4.78 is 22.6. The lowest BCUT2D eigenvalue weighted by Crippen LogP contribution is -2.55. The zero-order chi connectivity index (χ0) is 34.8. The second-order valence-corrected chi connectivity index (χ2v) is 11.8. The van der Waals surface area contributed by atoms with E-state index in [1.165, 1.54) is 0 Å². The summed E-state index contributed by atoms with van der Waals surface area (Å²) >= 11 is 6.52. The largest absolute Gasteiger partial charge is 0.488 e. The predicted octanol–water partition coefficient (Wildman–Crippen LogP) is 1.07. The summed E-state index contributed by atoms with van der Waals surface area (Å²) in [7, 11) is 0. The molecule has 7 atom stereocenters. The molecule has 0 unspecified atom stereocenters. The van der Waals surface area contributed by atoms with Gasteiger partial charge in [0.15, 0.2) is 0 Å². The first-order valence-electron chi connectivity index (χ1n) is 15.2. The van der Waals surface area contributed by atoms with Crippen LogP contribution in [0.4, 0.5) is 0 Å². The van der Waals surface area contributed by atoms with Gasteiger partial charge < -0.3 is 55.7 Å². The van der Waals surface area contributed by atoms with E-state index in [-0.39, 0.29) is 24.6 Å². The number of hydrogen-bond donors (Lipinski definition) is 6. The molecule has 0 amide bonds. The number of esters is 1. The van der Waals surface area contributed by atoms with Crippen molar-refractivity contribution in [2.24, 2.45) is 5.73 Å². The molecule has 0 radical (unpaired) electrons. The summed E-state index contributed by atoms with van der Waals surface area (Å²) in [6.45, 7) is 0.961. The highest BCUT2D eigenvalue weighted by molar-refractivity contribution is 6.31. The molecule has 2 aliphatic heterocycles. The quantitative estimate of drug-likeness (QED) is 0.128. The number of aliphatic hydroxyl groups is 3. The molecule has 2 aliphatic rings. The maximum atomic E-state index is 12.5. The second kappa shape index (κ2) is 18.6. The number of rotatable bonds is 10. The standard InChI is InChI=1S/C32H36ClNO8.C2H2O4.H2O/c33-25-11-8-21(16-22(25)14-20-6-9-23(10-7-20)41-24-12-13-39-17-24)31-30(37)29(36)28(35)27(42-31)18-40-32(38)26(34)15-19-4-2-1-3-5-19;3-1(4)2(5)6;/h1-11,16,24,26-31,35-37H,12-15,17-18,34H2;(H,3,4)(H,5,6);1H2/t24-,26-,27+,28+,29-,30+,31-;;/m0../s1. The monoisotopic (exact) mass is 705 g/mol. The average Bonchev–Trinajstić information content (AvgIpc) is 3.59. The van der Waals surface area contributed by atoms with Crippen LogP contribution in [0.5, 0.6) is 5.75 Å². The number of aliphatic hydroxyl groups excluding tert-OH is 3. The molecular weight excluding hydrogens is 666 g/mol. The summed E-state index contributed by atoms with van der Waals surface area (Å²) in [5.74, 6) is -3.54. The molecule has 49 heavy (non-hydrogen) atoms. The summed E-state index contributed by atoms with van der Waals surface area (Å²) in [6.07, 6.45) is -4.77. The average molecular weight is 706 g/mol. The number of halogens is 1. The molecule has 266 valence electrons. The Hall–Kier alpha value is -4.12. The molecule has 0 aromatic heterocycles. The number of hydrogen-bond acceptors (Lipinski definition) is 11. The third kappa shape index (κ3) is 11.2. The Bertz CT molecular complexity index is 1510. The molecule has 2 fully saturated rings. The van der Waals surface area contributed by atoms with E-state index in [1.807, 2.05) is 54.6 Å². The van der Waals surface area contributed by atoms with E-state index in [4.69, 9.17) is 56.1 Å². The van der Waals surface area contributed by atoms with Gasteiger partial charge in [0.1, 0.15) is 55.0 Å². The van der Waals surface area contributed by atoms with Gasteiger partial charge in [-0.2, -0.15) is 0 Å². The van der Waals surface area contributed by atoms with Crippen LogP contribution in [0, 0.1) is 0 Å². The first kappa shape index (κ1) is 39.3. The van der Waals surface area contributed by atoms with Gasteiger partial charge >= 0.3 is 17.9 Å². The SMILES string of the molecule is N[C@@H](Cc1ccccc1)C(=O)OC[C@H]1O[C@@H](c2ccc(Cl)c(Cc3ccc(O[C@H]4CCOC4)cc3)c2)[C@H](O)[C@@H](O)[C@@H]1O.O.O=C(O)C(=O)O. The smallest absolute Gasteiger partial charge is 0.414 e. The van der Waals surface area contributed by atoms with Crippen molar-refractivity contribution < 1.29 is 64.3 Å². The predicted molar refractivity (Wildman–Crippen MR) is 174 cm³/mol. The fourth-order valence-corrected chi connectivity index (χ4v) is 5.38. The molecule has 5 rings (SSSR count). The van der Waals surface area contributed by atoms with Crippen LogP contribution in [-0.2, 0) is 41.4 Å². The summed E-state index contributed by atoms with van der Waals surface area (Å²) in [5, 5.41) is 47.3. The fraction of sp³-hybridized carbons (Fsp3) is 0.382. The normalized spacial score (nSPS) is 23.6. The van der Waals surface area contributed by atoms with Gasteiger partial charge in [0.25, 0.3) is 0 Å². The van der Waals surface area contributed by atoms with E-state index in [0.29, 0.717) is 30.2 Å². The van der Waals surface area contributed by atoms with E-state index >= 15 is 0 Å². The van der Waals surface area contributed by atoms with Gasteiger partial charge in [-0.15, -0.1) is 0 Å². The summed E-state index contributed by atoms with van der Waals surface area (Å²) in [4.78, 5) is 30.7. The minimum atomic E-state index is -1.82. The van der Waals surface area contributed by atoms with Crippen LogP contribution < -0.4 is 10.5 Å². The lowest BCUT2D eigenvalue weighted by atomic mass is 9.90. The van der Waals surface area contributed by atoms with Gasteiger partial charge in [-0.25, -0.2) is 9.59 Å². The van der Waals surface area contributed by atoms with Crippen molar-refractivity contribution in [3.05, 3.63) is 100 Å². The fourth-order valence-electron chi connectivity index (χ4n) is 5.20. The Balaban J connectivity index is 0.000000853. The number of carbonyl (C=O) groups excluding carboxylic acids is 1. The third-order valence-corrected chi connectivity index (χ3v) is 8.16. The zero-order valence-electron chi connectivity index (χ0n) is 26.3. The van der Waals surface area contributed by atoms with Crippen LogP contribution in [-0.4, -0.2) is 105 Å². The first-order chi connectivity index (χ1) is 22.9. The van der Waals surface area contributed by atoms with Gasteiger partial charge in [0, 0.05) is 11.4 Å². The second-order valence-electron chi connectivity index (χ2n) is 11.4. The van der Waals surface area contributed by atoms with Crippen LogP contribution in [0.2, 0.25) is 5.02 Å². The molecule has 2 heterocycles. The maximum Gasteiger partial charge on any atom is 0.414 e. The molecule has 9 N–H and O–H groups in total. The van der Waals surface area contributed by atoms with Gasteiger partial charge in [-0.3, -0.25) is 4.79 Å². The van der Waals surface area contributed by atoms with Crippen molar-refractivity contribution in [3.8, 4) is 5.75 Å². The van der Waals surface area contributed by atoms with Crippen molar-refractivity contribution in [1.29, 1.82) is 0 Å². The summed E-state index contributed by atoms with van der Waals surface area (Å²) in [5.41, 5.74) is 9.25. The minimum Gasteiger partial charge on any atom is -0.488 e. The molecule has 0 spiro atoms. The Kier molecular flexibility index (Phi) is 14.9. The molecule has 2 saturated heterocycles. The topological polar surface area (TPSA) is 247 Å². The third-order valence-electron chi connectivity index (χ3n) is 7.79. The van der Waals surface area contributed by atoms with Crippen molar-refractivity contribution in [2.75, 3.05) is 19.8 Å². The van der Waals surface area contributed by atoms with E-state index in [0.717, 1.165) is 28.9 Å². The molecule has 15 heteroatoms. The number of aliphatic carboxylic acids is 2. The lowest BCUT2D eigenvalue weighted by Gasteiger charge is -2.40. The highest BCUT2D eigenvalue weighted by Gasteiger charge is 2.45. The minimum absolute atomic E-state index is 0. The number of ether oxygens (including phenoxy) is 4. The van der Waals surface area contributed by atoms with Crippen LogP contribution in [0.3, 0.4) is 0 Å². The van der Waals surface area contributed by atoms with Gasteiger partial charge in [0.05, 0.1) is 13.2 Å². The van der Waals surface area contributed by atoms with Gasteiger partial charge in [0.2, 0.25) is 0 Å². The number of carboxylic acids is 2. The molecule has 0 aliphatic carbocycles. The van der Waals surface area contributed by atoms with Gasteiger partial charge in [-0.05, 0) is 53.3 Å². The van der Waals surface area contributed by atoms with Crippen LogP contribution in [0.15, 0.2) is 72.8 Å². The van der Waals surface area contributed by atoms with Crippen molar-refractivity contribution >= 4 is 29.5 Å². The Morgan fingerprint density at radius 2 is 1.57 bits per heavy atom. The Morgan fingerprint density at radius 3 is 2.18 bits per heavy atom. The van der Waals surface area contributed by atoms with E-state index in [9.17, 15) is 20.1 Å². The number of nitrogens with two attached hydrogens (primary N) is 1. The van der Waals surface area contributed by atoms with E-state index < -0.39 is 54.5 Å². The molecule has 0 saturated carbocycles. The molecule has 14 nitrogen and oxygen atoms in total. The zero-order valence-corrected chi connectivity index (χ0v) is 27.0. The Labute approximate surface area is 286 Å². The Morgan fingerprint density at radius 1 is 0.898 bits per heavy atom. The van der Waals surface area contributed by atoms with Gasteiger partial charge in [-0.1, -0.05) is 66.2 Å². The molecule has 3 aromatic carbocycles. The maximum absolute atomic E-state index is 12.5. The van der Waals surface area contributed by atoms with E-state index in [2.05, 4.69) is 0 Å². The van der Waals surface area contributed by atoms with Crippen molar-refractivity contribution in [2.45, 2.75) is 61.9 Å². The highest BCUT2D eigenvalue weighted by Crippen LogP contribution is 2.35. The highest BCUT2D eigenvalue weighted by atomic mass is 35.5. The van der Waals surface area contributed by atoms with E-state index in [1.54, 1.807) is 18.2 Å². The lowest BCUT2D eigenvalue weighted by molar-refractivity contribution is -0.234. The van der Waals surface area contributed by atoms with Crippen LogP contribution >= 0.6 is 11.6 Å². The molecular formula is C34H40ClNO13. The van der Waals surface area contributed by atoms with Crippen LogP contribution in [0.1, 0.15) is 34.8 Å². The van der Waals surface area contributed by atoms with Crippen molar-refractivity contribution in [1.82, 2.24) is 0 Å². The number of carbonyl (C=O) groups is 3. The molecule has 0 bridgehead atoms. The van der Waals surface area contributed by atoms with Crippen molar-refractivity contribution in [3.63, 3.8) is 0 Å².